The number of nitrogens with zero attached hydrogens (tertiary/aromatic N) is 3. The van der Waals surface area contributed by atoms with E-state index < -0.39 is 17.1 Å². The Morgan fingerprint density at radius 2 is 1.43 bits per heavy atom. The van der Waals surface area contributed by atoms with E-state index in [9.17, 15) is 14.4 Å². The SMILES string of the molecule is Cc1cc(C(N)=S)c(C)c(C)c1-n1c(=O)n(C)c(=O)n(C)c1=O. The maximum atomic E-state index is 12.5. The monoisotopic (exact) mass is 334 g/mol. The summed E-state index contributed by atoms with van der Waals surface area (Å²) < 4.78 is 2.80. The van der Waals surface area contributed by atoms with Gasteiger partial charge in [-0.15, -0.1) is 0 Å². The Labute approximate surface area is 137 Å². The molecule has 0 amide bonds. The summed E-state index contributed by atoms with van der Waals surface area (Å²) in [7, 11) is 2.67. The number of nitrogens with two attached hydrogens (primary N) is 1. The van der Waals surface area contributed by atoms with Crippen LogP contribution in [0, 0.1) is 20.8 Å². The summed E-state index contributed by atoms with van der Waals surface area (Å²) in [5, 5.41) is 0. The molecule has 0 saturated heterocycles. The molecular formula is C15H18N4O3S. The van der Waals surface area contributed by atoms with Gasteiger partial charge in [-0.3, -0.25) is 0 Å². The van der Waals surface area contributed by atoms with Crippen molar-refractivity contribution >= 4 is 17.2 Å². The second-order valence-corrected chi connectivity index (χ2v) is 5.94. The highest BCUT2D eigenvalue weighted by Crippen LogP contribution is 2.23. The molecule has 8 heteroatoms. The Morgan fingerprint density at radius 1 is 0.957 bits per heavy atom. The van der Waals surface area contributed by atoms with E-state index in [1.165, 1.54) is 14.1 Å². The number of aromatic nitrogens is 3. The molecule has 0 aliphatic carbocycles. The first-order valence-corrected chi connectivity index (χ1v) is 7.30. The summed E-state index contributed by atoms with van der Waals surface area (Å²) in [5.41, 5.74) is 7.01. The molecule has 1 aromatic heterocycles. The van der Waals surface area contributed by atoms with Gasteiger partial charge in [0.1, 0.15) is 4.99 Å². The highest BCUT2D eigenvalue weighted by atomic mass is 32.1. The van der Waals surface area contributed by atoms with Crippen molar-refractivity contribution in [2.24, 2.45) is 19.8 Å². The van der Waals surface area contributed by atoms with Gasteiger partial charge in [-0.2, -0.15) is 0 Å². The molecule has 2 rings (SSSR count). The van der Waals surface area contributed by atoms with Crippen molar-refractivity contribution in [3.63, 3.8) is 0 Å². The minimum absolute atomic E-state index is 0.251. The van der Waals surface area contributed by atoms with E-state index in [2.05, 4.69) is 0 Å². The van der Waals surface area contributed by atoms with Crippen molar-refractivity contribution in [3.8, 4) is 5.69 Å². The Kier molecular flexibility index (Phi) is 4.12. The fraction of sp³-hybridized carbons (Fsp3) is 0.333. The second kappa shape index (κ2) is 5.62. The summed E-state index contributed by atoms with van der Waals surface area (Å²) in [4.78, 5) is 37.0. The summed E-state index contributed by atoms with van der Waals surface area (Å²) >= 11 is 5.04. The molecule has 1 heterocycles. The van der Waals surface area contributed by atoms with Gasteiger partial charge in [0.05, 0.1) is 5.69 Å². The Bertz CT molecular complexity index is 971. The van der Waals surface area contributed by atoms with Crippen LogP contribution in [-0.4, -0.2) is 18.7 Å². The van der Waals surface area contributed by atoms with Gasteiger partial charge in [-0.25, -0.2) is 28.1 Å². The van der Waals surface area contributed by atoms with Crippen LogP contribution >= 0.6 is 12.2 Å². The Hall–Kier alpha value is -2.48. The lowest BCUT2D eigenvalue weighted by atomic mass is 9.97. The average molecular weight is 334 g/mol. The van der Waals surface area contributed by atoms with E-state index >= 15 is 0 Å². The first kappa shape index (κ1) is 16.9. The first-order valence-electron chi connectivity index (χ1n) is 6.89. The van der Waals surface area contributed by atoms with Crippen LogP contribution in [0.1, 0.15) is 22.3 Å². The number of rotatable bonds is 2. The van der Waals surface area contributed by atoms with Crippen LogP contribution in [0.2, 0.25) is 0 Å². The molecule has 7 nitrogen and oxygen atoms in total. The second-order valence-electron chi connectivity index (χ2n) is 5.51. The molecule has 0 saturated carbocycles. The van der Waals surface area contributed by atoms with E-state index in [-0.39, 0.29) is 4.99 Å². The van der Waals surface area contributed by atoms with Crippen LogP contribution in [0.4, 0.5) is 0 Å². The smallest absolute Gasteiger partial charge is 0.340 e. The number of hydrogen-bond acceptors (Lipinski definition) is 4. The first-order chi connectivity index (χ1) is 10.6. The lowest BCUT2D eigenvalue weighted by Gasteiger charge is -2.18. The lowest BCUT2D eigenvalue weighted by Crippen LogP contribution is -2.52. The zero-order chi connectivity index (χ0) is 17.6. The van der Waals surface area contributed by atoms with Gasteiger partial charge in [-0.05, 0) is 43.5 Å². The van der Waals surface area contributed by atoms with Crippen molar-refractivity contribution in [1.29, 1.82) is 0 Å². The van der Waals surface area contributed by atoms with Crippen LogP contribution in [0.5, 0.6) is 0 Å². The zero-order valence-corrected chi connectivity index (χ0v) is 14.4. The highest BCUT2D eigenvalue weighted by molar-refractivity contribution is 7.80. The third-order valence-electron chi connectivity index (χ3n) is 4.08. The van der Waals surface area contributed by atoms with Gasteiger partial charge in [0, 0.05) is 19.7 Å². The maximum absolute atomic E-state index is 12.5. The van der Waals surface area contributed by atoms with Gasteiger partial charge in [0.25, 0.3) is 0 Å². The van der Waals surface area contributed by atoms with E-state index in [4.69, 9.17) is 18.0 Å². The van der Waals surface area contributed by atoms with Gasteiger partial charge in [0.2, 0.25) is 0 Å². The van der Waals surface area contributed by atoms with Crippen LogP contribution in [0.15, 0.2) is 20.4 Å². The van der Waals surface area contributed by atoms with E-state index in [0.717, 1.165) is 19.3 Å². The molecule has 23 heavy (non-hydrogen) atoms. The van der Waals surface area contributed by atoms with Gasteiger partial charge in [-0.1, -0.05) is 12.2 Å². The number of aryl methyl sites for hydroxylation is 1. The molecule has 0 radical (unpaired) electrons. The van der Waals surface area contributed by atoms with Crippen molar-refractivity contribution in [3.05, 3.63) is 59.8 Å². The largest absolute Gasteiger partial charge is 0.389 e. The molecular weight excluding hydrogens is 316 g/mol. The minimum atomic E-state index is -0.688. The summed E-state index contributed by atoms with van der Waals surface area (Å²) in [6, 6.07) is 1.75. The molecule has 0 unspecified atom stereocenters. The lowest BCUT2D eigenvalue weighted by molar-refractivity contribution is 0.579. The molecule has 2 N–H and O–H groups in total. The van der Waals surface area contributed by atoms with Crippen LogP contribution in [0.3, 0.4) is 0 Å². The fourth-order valence-electron chi connectivity index (χ4n) is 2.63. The van der Waals surface area contributed by atoms with Gasteiger partial charge < -0.3 is 5.73 Å². The Morgan fingerprint density at radius 3 is 1.87 bits per heavy atom. The van der Waals surface area contributed by atoms with Crippen LogP contribution in [0.25, 0.3) is 5.69 Å². The third kappa shape index (κ3) is 2.44. The molecule has 0 bridgehead atoms. The number of thiocarbonyl (C=S) groups is 1. The predicted octanol–water partition coefficient (Wildman–Crippen LogP) is -0.206. The van der Waals surface area contributed by atoms with Gasteiger partial charge in [0.15, 0.2) is 0 Å². The van der Waals surface area contributed by atoms with E-state index in [0.29, 0.717) is 22.4 Å². The van der Waals surface area contributed by atoms with Crippen LogP contribution < -0.4 is 22.8 Å². The molecule has 2 aromatic rings. The molecule has 0 fully saturated rings. The van der Waals surface area contributed by atoms with Gasteiger partial charge >= 0.3 is 17.1 Å². The molecule has 0 aliphatic heterocycles. The summed E-state index contributed by atoms with van der Waals surface area (Å²) in [6.07, 6.45) is 0. The molecule has 0 atom stereocenters. The maximum Gasteiger partial charge on any atom is 0.340 e. The normalized spacial score (nSPS) is 10.8. The standard InChI is InChI=1S/C15H18N4O3S/c1-7-6-10(12(16)23)8(2)9(3)11(7)19-14(21)17(4)13(20)18(5)15(19)22/h6H,1-5H3,(H2,16,23). The van der Waals surface area contributed by atoms with E-state index in [1.807, 2.05) is 6.92 Å². The van der Waals surface area contributed by atoms with Crippen molar-refractivity contribution in [2.45, 2.75) is 20.8 Å². The average Bonchev–Trinajstić information content (AvgIpc) is 2.49. The third-order valence-corrected chi connectivity index (χ3v) is 4.30. The highest BCUT2D eigenvalue weighted by Gasteiger charge is 2.19. The van der Waals surface area contributed by atoms with Crippen molar-refractivity contribution in [1.82, 2.24) is 13.7 Å². The number of hydrogen-bond donors (Lipinski definition) is 1. The molecule has 0 aliphatic rings. The van der Waals surface area contributed by atoms with Crippen LogP contribution in [-0.2, 0) is 14.1 Å². The topological polar surface area (TPSA) is 92.0 Å². The summed E-state index contributed by atoms with van der Waals surface area (Å²) in [6.45, 7) is 5.38. The minimum Gasteiger partial charge on any atom is -0.389 e. The number of benzene rings is 1. The summed E-state index contributed by atoms with van der Waals surface area (Å²) in [5.74, 6) is 0. The Balaban J connectivity index is 3.04. The predicted molar refractivity (Wildman–Crippen MR) is 92.6 cm³/mol. The fourth-order valence-corrected chi connectivity index (χ4v) is 2.84. The quantitative estimate of drug-likeness (QED) is 0.768. The van der Waals surface area contributed by atoms with E-state index in [1.54, 1.807) is 19.9 Å². The zero-order valence-electron chi connectivity index (χ0n) is 13.6. The molecule has 122 valence electrons. The molecule has 1 aromatic carbocycles. The molecule has 0 spiro atoms. The van der Waals surface area contributed by atoms with Crippen molar-refractivity contribution in [2.75, 3.05) is 0 Å². The van der Waals surface area contributed by atoms with Crippen molar-refractivity contribution < 1.29 is 0 Å².